The van der Waals surface area contributed by atoms with E-state index in [2.05, 4.69) is 5.32 Å². The van der Waals surface area contributed by atoms with Crippen LogP contribution in [0.4, 0.5) is 5.69 Å². The Morgan fingerprint density at radius 3 is 2.44 bits per heavy atom. The maximum Gasteiger partial charge on any atom is 0.266 e. The molecule has 0 aliphatic carbocycles. The Kier molecular flexibility index (Phi) is 7.09. The van der Waals surface area contributed by atoms with E-state index in [1.54, 1.807) is 36.4 Å². The minimum Gasteiger partial charge on any atom is -0.495 e. The van der Waals surface area contributed by atoms with E-state index < -0.39 is 5.91 Å². The molecule has 2 aromatic rings. The summed E-state index contributed by atoms with van der Waals surface area (Å²) in [7, 11) is 3.03. The van der Waals surface area contributed by atoms with Gasteiger partial charge in [0.1, 0.15) is 17.4 Å². The van der Waals surface area contributed by atoms with Gasteiger partial charge in [0.05, 0.1) is 25.8 Å². The summed E-state index contributed by atoms with van der Waals surface area (Å²) in [6.07, 6.45) is 1.47. The normalized spacial score (nSPS) is 10.7. The first-order valence-electron chi connectivity index (χ1n) is 8.09. The van der Waals surface area contributed by atoms with Crippen molar-refractivity contribution in [1.29, 1.82) is 5.26 Å². The quantitative estimate of drug-likeness (QED) is 0.566. The van der Waals surface area contributed by atoms with Gasteiger partial charge in [0.2, 0.25) is 0 Å². The molecule has 0 aromatic heterocycles. The van der Waals surface area contributed by atoms with E-state index in [0.29, 0.717) is 40.1 Å². The zero-order valence-corrected chi connectivity index (χ0v) is 16.0. The second-order valence-electron chi connectivity index (χ2n) is 5.32. The van der Waals surface area contributed by atoms with Crippen LogP contribution in [0.2, 0.25) is 5.02 Å². The van der Waals surface area contributed by atoms with Crippen LogP contribution in [0.1, 0.15) is 12.5 Å². The second kappa shape index (κ2) is 9.51. The third-order valence-corrected chi connectivity index (χ3v) is 3.87. The van der Waals surface area contributed by atoms with Gasteiger partial charge in [-0.3, -0.25) is 4.79 Å². The lowest BCUT2D eigenvalue weighted by Gasteiger charge is -2.10. The van der Waals surface area contributed by atoms with E-state index in [0.717, 1.165) is 0 Å². The SMILES string of the molecule is CCOc1ccc(/C=C(\C#N)C(=O)Nc2ccc(OC)c(Cl)c2)cc1OC. The molecule has 0 atom stereocenters. The van der Waals surface area contributed by atoms with Gasteiger partial charge >= 0.3 is 0 Å². The maximum atomic E-state index is 12.4. The van der Waals surface area contributed by atoms with Gasteiger partial charge in [-0.25, -0.2) is 0 Å². The molecule has 140 valence electrons. The first kappa shape index (κ1) is 20.1. The fourth-order valence-electron chi connectivity index (χ4n) is 2.31. The van der Waals surface area contributed by atoms with E-state index >= 15 is 0 Å². The predicted octanol–water partition coefficient (Wildman–Crippen LogP) is 4.30. The van der Waals surface area contributed by atoms with E-state index in [9.17, 15) is 10.1 Å². The van der Waals surface area contributed by atoms with Gasteiger partial charge in [-0.2, -0.15) is 5.26 Å². The van der Waals surface area contributed by atoms with Crippen LogP contribution in [0.15, 0.2) is 42.0 Å². The third-order valence-electron chi connectivity index (χ3n) is 3.57. The number of benzene rings is 2. The zero-order chi connectivity index (χ0) is 19.8. The van der Waals surface area contributed by atoms with Crippen molar-refractivity contribution in [3.05, 3.63) is 52.6 Å². The van der Waals surface area contributed by atoms with Gasteiger partial charge in [-0.15, -0.1) is 0 Å². The highest BCUT2D eigenvalue weighted by Crippen LogP contribution is 2.29. The van der Waals surface area contributed by atoms with Crippen molar-refractivity contribution >= 4 is 29.3 Å². The lowest BCUT2D eigenvalue weighted by molar-refractivity contribution is -0.112. The fraction of sp³-hybridized carbons (Fsp3) is 0.200. The van der Waals surface area contributed by atoms with Crippen LogP contribution in [0.5, 0.6) is 17.2 Å². The van der Waals surface area contributed by atoms with Crippen molar-refractivity contribution in [2.75, 3.05) is 26.1 Å². The Morgan fingerprint density at radius 1 is 1.15 bits per heavy atom. The van der Waals surface area contributed by atoms with Crippen molar-refractivity contribution < 1.29 is 19.0 Å². The highest BCUT2D eigenvalue weighted by Gasteiger charge is 2.12. The molecule has 27 heavy (non-hydrogen) atoms. The van der Waals surface area contributed by atoms with E-state index in [1.165, 1.54) is 20.3 Å². The summed E-state index contributed by atoms with van der Waals surface area (Å²) in [5.74, 6) is 1.05. The number of hydrogen-bond acceptors (Lipinski definition) is 5. The largest absolute Gasteiger partial charge is 0.495 e. The van der Waals surface area contributed by atoms with E-state index in [-0.39, 0.29) is 5.57 Å². The second-order valence-corrected chi connectivity index (χ2v) is 5.72. The summed E-state index contributed by atoms with van der Waals surface area (Å²) >= 11 is 6.05. The van der Waals surface area contributed by atoms with E-state index in [1.807, 2.05) is 13.0 Å². The lowest BCUT2D eigenvalue weighted by Crippen LogP contribution is -2.13. The molecule has 6 nitrogen and oxygen atoms in total. The summed E-state index contributed by atoms with van der Waals surface area (Å²) in [5, 5.41) is 12.4. The lowest BCUT2D eigenvalue weighted by atomic mass is 10.1. The molecule has 0 radical (unpaired) electrons. The van der Waals surface area contributed by atoms with Crippen molar-refractivity contribution in [3.8, 4) is 23.3 Å². The molecule has 0 spiro atoms. The number of nitrogens with one attached hydrogen (secondary N) is 1. The first-order chi connectivity index (χ1) is 13.0. The van der Waals surface area contributed by atoms with Gasteiger partial charge in [0.15, 0.2) is 11.5 Å². The van der Waals surface area contributed by atoms with Gasteiger partial charge in [0, 0.05) is 5.69 Å². The Hall–Kier alpha value is -3.17. The molecule has 0 saturated heterocycles. The number of nitrogens with zero attached hydrogens (tertiary/aromatic N) is 1. The minimum absolute atomic E-state index is 0.0619. The smallest absolute Gasteiger partial charge is 0.266 e. The number of ether oxygens (including phenoxy) is 3. The molecule has 0 saturated carbocycles. The van der Waals surface area contributed by atoms with E-state index in [4.69, 9.17) is 25.8 Å². The Balaban J connectivity index is 2.23. The van der Waals surface area contributed by atoms with Crippen LogP contribution < -0.4 is 19.5 Å². The Labute approximate surface area is 162 Å². The molecular formula is C20H19ClN2O4. The number of hydrogen-bond donors (Lipinski definition) is 1. The Morgan fingerprint density at radius 2 is 1.85 bits per heavy atom. The number of methoxy groups -OCH3 is 2. The maximum absolute atomic E-state index is 12.4. The number of amides is 1. The van der Waals surface area contributed by atoms with Crippen LogP contribution in [-0.2, 0) is 4.79 Å². The van der Waals surface area contributed by atoms with Gasteiger partial charge in [-0.1, -0.05) is 17.7 Å². The van der Waals surface area contributed by atoms with Crippen molar-refractivity contribution in [3.63, 3.8) is 0 Å². The van der Waals surface area contributed by atoms with Crippen LogP contribution in [0.3, 0.4) is 0 Å². The van der Waals surface area contributed by atoms with Gasteiger partial charge in [0.25, 0.3) is 5.91 Å². The van der Waals surface area contributed by atoms with Gasteiger partial charge < -0.3 is 19.5 Å². The number of carbonyl (C=O) groups is 1. The molecule has 0 heterocycles. The summed E-state index contributed by atoms with van der Waals surface area (Å²) < 4.78 is 15.8. The molecule has 7 heteroatoms. The molecule has 2 rings (SSSR count). The molecule has 1 N–H and O–H groups in total. The number of carbonyl (C=O) groups excluding carboxylic acids is 1. The molecule has 0 unspecified atom stereocenters. The zero-order valence-electron chi connectivity index (χ0n) is 15.2. The van der Waals surface area contributed by atoms with Crippen LogP contribution in [0.25, 0.3) is 6.08 Å². The van der Waals surface area contributed by atoms with Crippen LogP contribution in [0, 0.1) is 11.3 Å². The molecule has 1 amide bonds. The molecule has 0 aliphatic rings. The topological polar surface area (TPSA) is 80.6 Å². The molecule has 2 aromatic carbocycles. The number of anilines is 1. The standard InChI is InChI=1S/C20H19ClN2O4/c1-4-27-18-7-5-13(10-19(18)26-3)9-14(12-22)20(24)23-15-6-8-17(25-2)16(21)11-15/h5-11H,4H2,1-3H3,(H,23,24)/b14-9+. The van der Waals surface area contributed by atoms with Crippen molar-refractivity contribution in [1.82, 2.24) is 0 Å². The summed E-state index contributed by atoms with van der Waals surface area (Å²) in [6.45, 7) is 2.37. The molecule has 0 aliphatic heterocycles. The average Bonchev–Trinajstić information content (AvgIpc) is 2.67. The monoisotopic (exact) mass is 386 g/mol. The van der Waals surface area contributed by atoms with Crippen molar-refractivity contribution in [2.24, 2.45) is 0 Å². The van der Waals surface area contributed by atoms with Crippen molar-refractivity contribution in [2.45, 2.75) is 6.92 Å². The summed E-state index contributed by atoms with van der Waals surface area (Å²) in [5.41, 5.74) is 1.03. The van der Waals surface area contributed by atoms with Gasteiger partial charge in [-0.05, 0) is 48.9 Å². The minimum atomic E-state index is -0.549. The molecular weight excluding hydrogens is 368 g/mol. The Bertz CT molecular complexity index is 903. The highest BCUT2D eigenvalue weighted by atomic mass is 35.5. The molecule has 0 fully saturated rings. The average molecular weight is 387 g/mol. The van der Waals surface area contributed by atoms with Crippen LogP contribution >= 0.6 is 11.6 Å². The number of nitriles is 1. The van der Waals surface area contributed by atoms with Crippen LogP contribution in [-0.4, -0.2) is 26.7 Å². The molecule has 0 bridgehead atoms. The summed E-state index contributed by atoms with van der Waals surface area (Å²) in [4.78, 5) is 12.4. The predicted molar refractivity (Wildman–Crippen MR) is 104 cm³/mol. The third kappa shape index (κ3) is 5.16. The summed E-state index contributed by atoms with van der Waals surface area (Å²) in [6, 6.07) is 11.9. The highest BCUT2D eigenvalue weighted by molar-refractivity contribution is 6.32. The number of rotatable bonds is 7. The first-order valence-corrected chi connectivity index (χ1v) is 8.47. The number of halogens is 1. The fourth-order valence-corrected chi connectivity index (χ4v) is 2.56.